The number of rotatable bonds is 6. The van der Waals surface area contributed by atoms with Crippen LogP contribution in [0.4, 0.5) is 0 Å². The smallest absolute Gasteiger partial charge is 0.243 e. The van der Waals surface area contributed by atoms with Crippen LogP contribution in [0.3, 0.4) is 0 Å². The zero-order valence-electron chi connectivity index (χ0n) is 12.4. The molecule has 1 rings (SSSR count). The van der Waals surface area contributed by atoms with Gasteiger partial charge in [-0.3, -0.25) is 0 Å². The number of hydrogen-bond acceptors (Lipinski definition) is 3. The highest BCUT2D eigenvalue weighted by molar-refractivity contribution is 7.89. The summed E-state index contributed by atoms with van der Waals surface area (Å²) in [4.78, 5) is 0.555. The minimum atomic E-state index is -3.48. The summed E-state index contributed by atoms with van der Waals surface area (Å²) < 4.78 is 26.5. The van der Waals surface area contributed by atoms with E-state index in [1.54, 1.807) is 25.2 Å². The van der Waals surface area contributed by atoms with E-state index in [9.17, 15) is 8.42 Å². The van der Waals surface area contributed by atoms with Crippen molar-refractivity contribution >= 4 is 27.2 Å². The highest BCUT2D eigenvalue weighted by atomic mass is 32.2. The lowest BCUT2D eigenvalue weighted by atomic mass is 10.1. The van der Waals surface area contributed by atoms with Gasteiger partial charge in [-0.05, 0) is 38.0 Å². The maximum absolute atomic E-state index is 12.5. The quantitative estimate of drug-likeness (QED) is 0.819. The van der Waals surface area contributed by atoms with E-state index in [0.29, 0.717) is 5.56 Å². The number of nitrogens with zero attached hydrogens (tertiary/aromatic N) is 1. The molecule has 0 saturated carbocycles. The van der Waals surface area contributed by atoms with Crippen LogP contribution < -0.4 is 5.73 Å². The SMILES string of the molecule is CCCC(C)N(C)S(=O)(=O)c1ccc(C(N)=S)c(C)c1. The fourth-order valence-corrected chi connectivity index (χ4v) is 3.78. The van der Waals surface area contributed by atoms with Gasteiger partial charge >= 0.3 is 0 Å². The monoisotopic (exact) mass is 314 g/mol. The van der Waals surface area contributed by atoms with Crippen molar-refractivity contribution in [1.82, 2.24) is 4.31 Å². The molecule has 1 unspecified atom stereocenters. The maximum Gasteiger partial charge on any atom is 0.243 e. The molecule has 0 aliphatic carbocycles. The van der Waals surface area contributed by atoms with Crippen LogP contribution in [0.25, 0.3) is 0 Å². The minimum absolute atomic E-state index is 0.0273. The summed E-state index contributed by atoms with van der Waals surface area (Å²) in [6, 6.07) is 4.83. The molecule has 20 heavy (non-hydrogen) atoms. The Labute approximate surface area is 127 Å². The summed E-state index contributed by atoms with van der Waals surface area (Å²) in [6.07, 6.45) is 1.78. The second kappa shape index (κ2) is 6.65. The summed E-state index contributed by atoms with van der Waals surface area (Å²) in [5, 5.41) is 0. The lowest BCUT2D eigenvalue weighted by molar-refractivity contribution is 0.368. The van der Waals surface area contributed by atoms with Crippen molar-refractivity contribution in [3.63, 3.8) is 0 Å². The minimum Gasteiger partial charge on any atom is -0.389 e. The fraction of sp³-hybridized carbons (Fsp3) is 0.500. The van der Waals surface area contributed by atoms with E-state index in [2.05, 4.69) is 0 Å². The van der Waals surface area contributed by atoms with E-state index in [-0.39, 0.29) is 15.9 Å². The van der Waals surface area contributed by atoms with Gasteiger partial charge in [0.25, 0.3) is 0 Å². The molecule has 2 N–H and O–H groups in total. The molecule has 0 aliphatic heterocycles. The molecular weight excluding hydrogens is 292 g/mol. The van der Waals surface area contributed by atoms with Crippen LogP contribution >= 0.6 is 12.2 Å². The fourth-order valence-electron chi connectivity index (χ4n) is 2.08. The van der Waals surface area contributed by atoms with Gasteiger partial charge in [-0.15, -0.1) is 0 Å². The predicted molar refractivity (Wildman–Crippen MR) is 86.4 cm³/mol. The highest BCUT2D eigenvalue weighted by Gasteiger charge is 2.25. The van der Waals surface area contributed by atoms with Gasteiger partial charge in [-0.1, -0.05) is 31.6 Å². The van der Waals surface area contributed by atoms with Crippen molar-refractivity contribution in [3.8, 4) is 0 Å². The molecule has 4 nitrogen and oxygen atoms in total. The number of benzene rings is 1. The number of sulfonamides is 1. The van der Waals surface area contributed by atoms with Gasteiger partial charge in [0.1, 0.15) is 4.99 Å². The van der Waals surface area contributed by atoms with Gasteiger partial charge in [0.05, 0.1) is 4.90 Å². The third kappa shape index (κ3) is 3.56. The zero-order valence-corrected chi connectivity index (χ0v) is 14.0. The second-order valence-corrected chi connectivity index (χ2v) is 7.44. The van der Waals surface area contributed by atoms with E-state index >= 15 is 0 Å². The molecule has 0 spiro atoms. The Morgan fingerprint density at radius 1 is 1.45 bits per heavy atom. The van der Waals surface area contributed by atoms with E-state index in [4.69, 9.17) is 18.0 Å². The number of aryl methyl sites for hydroxylation is 1. The van der Waals surface area contributed by atoms with Gasteiger partial charge in [0, 0.05) is 18.7 Å². The Balaban J connectivity index is 3.16. The summed E-state index contributed by atoms with van der Waals surface area (Å²) >= 11 is 4.93. The third-order valence-corrected chi connectivity index (χ3v) is 5.66. The molecule has 0 amide bonds. The molecule has 1 aromatic carbocycles. The first-order chi connectivity index (χ1) is 9.21. The molecule has 0 aliphatic rings. The predicted octanol–water partition coefficient (Wildman–Crippen LogP) is 2.44. The largest absolute Gasteiger partial charge is 0.389 e. The van der Waals surface area contributed by atoms with Crippen molar-refractivity contribution in [2.75, 3.05) is 7.05 Å². The molecule has 0 heterocycles. The number of hydrogen-bond donors (Lipinski definition) is 1. The standard InChI is InChI=1S/C14H22N2O2S2/c1-5-6-11(3)16(4)20(17,18)12-7-8-13(14(15)19)10(2)9-12/h7-9,11H,5-6H2,1-4H3,(H2,15,19). The van der Waals surface area contributed by atoms with Gasteiger partial charge in [0.15, 0.2) is 0 Å². The Bertz CT molecular complexity index is 597. The molecule has 0 saturated heterocycles. The van der Waals surface area contributed by atoms with Crippen LogP contribution in [-0.2, 0) is 10.0 Å². The van der Waals surface area contributed by atoms with Gasteiger partial charge in [0.2, 0.25) is 10.0 Å². The topological polar surface area (TPSA) is 63.4 Å². The van der Waals surface area contributed by atoms with Crippen LogP contribution in [-0.4, -0.2) is 30.8 Å². The maximum atomic E-state index is 12.5. The van der Waals surface area contributed by atoms with Crippen molar-refractivity contribution in [3.05, 3.63) is 29.3 Å². The lowest BCUT2D eigenvalue weighted by Gasteiger charge is -2.24. The lowest BCUT2D eigenvalue weighted by Crippen LogP contribution is -2.35. The normalized spacial score (nSPS) is 13.4. The van der Waals surface area contributed by atoms with Crippen molar-refractivity contribution in [2.24, 2.45) is 5.73 Å². The molecule has 0 radical (unpaired) electrons. The molecule has 0 aromatic heterocycles. The van der Waals surface area contributed by atoms with Gasteiger partial charge in [-0.2, -0.15) is 4.31 Å². The number of nitrogens with two attached hydrogens (primary N) is 1. The Kier molecular flexibility index (Phi) is 5.68. The average molecular weight is 314 g/mol. The molecular formula is C14H22N2O2S2. The summed E-state index contributed by atoms with van der Waals surface area (Å²) in [5.74, 6) is 0. The van der Waals surface area contributed by atoms with Crippen molar-refractivity contribution in [1.29, 1.82) is 0 Å². The Morgan fingerprint density at radius 3 is 2.50 bits per heavy atom. The van der Waals surface area contributed by atoms with E-state index in [0.717, 1.165) is 18.4 Å². The van der Waals surface area contributed by atoms with Crippen LogP contribution in [0, 0.1) is 6.92 Å². The summed E-state index contributed by atoms with van der Waals surface area (Å²) in [7, 11) is -1.86. The molecule has 0 fully saturated rings. The van der Waals surface area contributed by atoms with Gasteiger partial charge < -0.3 is 5.73 Å². The number of thiocarbonyl (C=S) groups is 1. The molecule has 6 heteroatoms. The average Bonchev–Trinajstić information content (AvgIpc) is 2.37. The second-order valence-electron chi connectivity index (χ2n) is 5.00. The summed E-state index contributed by atoms with van der Waals surface area (Å²) in [6.45, 7) is 5.76. The first-order valence-electron chi connectivity index (χ1n) is 6.60. The third-order valence-electron chi connectivity index (χ3n) is 3.47. The van der Waals surface area contributed by atoms with Crippen LogP contribution in [0.5, 0.6) is 0 Å². The zero-order chi connectivity index (χ0) is 15.5. The van der Waals surface area contributed by atoms with Crippen molar-refractivity contribution in [2.45, 2.75) is 44.6 Å². The highest BCUT2D eigenvalue weighted by Crippen LogP contribution is 2.21. The van der Waals surface area contributed by atoms with Crippen LogP contribution in [0.15, 0.2) is 23.1 Å². The first-order valence-corrected chi connectivity index (χ1v) is 8.45. The van der Waals surface area contributed by atoms with Crippen LogP contribution in [0.2, 0.25) is 0 Å². The molecule has 1 aromatic rings. The van der Waals surface area contributed by atoms with Gasteiger partial charge in [-0.25, -0.2) is 8.42 Å². The van der Waals surface area contributed by atoms with Crippen molar-refractivity contribution < 1.29 is 8.42 Å². The van der Waals surface area contributed by atoms with E-state index in [1.165, 1.54) is 4.31 Å². The molecule has 112 valence electrons. The Hall–Kier alpha value is -0.980. The Morgan fingerprint density at radius 2 is 2.05 bits per heavy atom. The first kappa shape index (κ1) is 17.1. The molecule has 1 atom stereocenters. The van der Waals surface area contributed by atoms with E-state index in [1.807, 2.05) is 20.8 Å². The molecule has 0 bridgehead atoms. The summed E-state index contributed by atoms with van der Waals surface area (Å²) in [5.41, 5.74) is 7.08. The van der Waals surface area contributed by atoms with Crippen LogP contribution in [0.1, 0.15) is 37.8 Å². The van der Waals surface area contributed by atoms with E-state index < -0.39 is 10.0 Å².